The van der Waals surface area contributed by atoms with Crippen LogP contribution >= 0.6 is 24.0 Å². The minimum atomic E-state index is 0. The molecule has 128 valence electrons. The van der Waals surface area contributed by atoms with Gasteiger partial charge < -0.3 is 20.0 Å². The van der Waals surface area contributed by atoms with Crippen molar-refractivity contribution in [1.82, 2.24) is 15.6 Å². The van der Waals surface area contributed by atoms with Gasteiger partial charge in [0.1, 0.15) is 5.76 Å². The molecule has 0 radical (unpaired) electrons. The first-order chi connectivity index (χ1) is 11.4. The molecule has 3 N–H and O–H groups in total. The maximum absolute atomic E-state index is 5.32. The number of hydrogen-bond acceptors (Lipinski definition) is 2. The molecule has 0 fully saturated rings. The van der Waals surface area contributed by atoms with Crippen molar-refractivity contribution < 1.29 is 4.42 Å². The van der Waals surface area contributed by atoms with Crippen LogP contribution in [-0.4, -0.2) is 31.1 Å². The molecule has 0 aliphatic rings. The number of nitrogens with zero attached hydrogens (tertiary/aromatic N) is 1. The molecule has 6 heteroatoms. The van der Waals surface area contributed by atoms with Gasteiger partial charge in [-0.15, -0.1) is 24.0 Å². The van der Waals surface area contributed by atoms with Crippen LogP contribution < -0.4 is 10.6 Å². The average Bonchev–Trinajstić information content (AvgIpc) is 3.23. The fourth-order valence-electron chi connectivity index (χ4n) is 2.63. The third-order valence-corrected chi connectivity index (χ3v) is 3.83. The molecule has 2 heterocycles. The van der Waals surface area contributed by atoms with E-state index in [4.69, 9.17) is 4.42 Å². The number of nitrogens with one attached hydrogen (secondary N) is 3. The Morgan fingerprint density at radius 3 is 2.62 bits per heavy atom. The van der Waals surface area contributed by atoms with Gasteiger partial charge in [0.15, 0.2) is 5.96 Å². The molecule has 0 bridgehead atoms. The van der Waals surface area contributed by atoms with E-state index in [1.807, 2.05) is 18.2 Å². The van der Waals surface area contributed by atoms with Gasteiger partial charge in [-0.25, -0.2) is 0 Å². The van der Waals surface area contributed by atoms with Crippen LogP contribution in [0.15, 0.2) is 58.3 Å². The third-order valence-electron chi connectivity index (χ3n) is 3.83. The number of benzene rings is 1. The standard InChI is InChI=1S/C18H22N4O.HI/c1-19-18(21-11-9-15-5-4-12-23-15)20-10-8-14-13-22-17-7-3-2-6-16(14)17;/h2-7,12-13,22H,8-11H2,1H3,(H2,19,20,21);1H. The lowest BCUT2D eigenvalue weighted by molar-refractivity contribution is 0.507. The van der Waals surface area contributed by atoms with E-state index < -0.39 is 0 Å². The summed E-state index contributed by atoms with van der Waals surface area (Å²) in [6, 6.07) is 12.3. The van der Waals surface area contributed by atoms with Crippen LogP contribution in [-0.2, 0) is 12.8 Å². The summed E-state index contributed by atoms with van der Waals surface area (Å²) < 4.78 is 5.32. The van der Waals surface area contributed by atoms with Crippen molar-refractivity contribution in [3.05, 3.63) is 60.2 Å². The summed E-state index contributed by atoms with van der Waals surface area (Å²) in [5.74, 6) is 1.79. The lowest BCUT2D eigenvalue weighted by Gasteiger charge is -2.11. The fraction of sp³-hybridized carbons (Fsp3) is 0.278. The first-order valence-corrected chi connectivity index (χ1v) is 7.88. The van der Waals surface area contributed by atoms with E-state index in [-0.39, 0.29) is 24.0 Å². The first-order valence-electron chi connectivity index (χ1n) is 7.88. The maximum atomic E-state index is 5.32. The second-order valence-corrected chi connectivity index (χ2v) is 5.36. The number of fused-ring (bicyclic) bond motifs is 1. The average molecular weight is 438 g/mol. The first kappa shape index (κ1) is 18.4. The Balaban J connectivity index is 0.00000208. The molecule has 5 nitrogen and oxygen atoms in total. The van der Waals surface area contributed by atoms with Crippen LogP contribution in [0, 0.1) is 0 Å². The van der Waals surface area contributed by atoms with Crippen LogP contribution in [0.3, 0.4) is 0 Å². The molecule has 0 aliphatic heterocycles. The lowest BCUT2D eigenvalue weighted by atomic mass is 10.1. The molecule has 0 unspecified atom stereocenters. The van der Waals surface area contributed by atoms with E-state index in [1.165, 1.54) is 16.5 Å². The number of aliphatic imine (C=N–C) groups is 1. The van der Waals surface area contributed by atoms with E-state index >= 15 is 0 Å². The van der Waals surface area contributed by atoms with Gasteiger partial charge in [0.25, 0.3) is 0 Å². The van der Waals surface area contributed by atoms with Crippen LogP contribution in [0.5, 0.6) is 0 Å². The molecule has 0 amide bonds. The molecular formula is C18H23IN4O. The van der Waals surface area contributed by atoms with E-state index in [1.54, 1.807) is 13.3 Å². The Morgan fingerprint density at radius 1 is 1.08 bits per heavy atom. The molecule has 0 atom stereocenters. The van der Waals surface area contributed by atoms with Crippen molar-refractivity contribution in [3.8, 4) is 0 Å². The SMILES string of the molecule is CN=C(NCCc1ccco1)NCCc1c[nH]c2ccccc12.I. The molecule has 0 aliphatic carbocycles. The van der Waals surface area contributed by atoms with Gasteiger partial charge in [-0.2, -0.15) is 0 Å². The molecule has 0 saturated carbocycles. The molecule has 3 aromatic rings. The highest BCUT2D eigenvalue weighted by atomic mass is 127. The predicted octanol–water partition coefficient (Wildman–Crippen LogP) is 3.33. The van der Waals surface area contributed by atoms with E-state index in [0.29, 0.717) is 0 Å². The molecular weight excluding hydrogens is 415 g/mol. The summed E-state index contributed by atoms with van der Waals surface area (Å²) in [6.45, 7) is 1.63. The van der Waals surface area contributed by atoms with Gasteiger partial charge in [0, 0.05) is 43.7 Å². The van der Waals surface area contributed by atoms with Crippen LogP contribution in [0.1, 0.15) is 11.3 Å². The van der Waals surface area contributed by atoms with Crippen molar-refractivity contribution >= 4 is 40.8 Å². The number of aromatic amines is 1. The van der Waals surface area contributed by atoms with Gasteiger partial charge in [-0.05, 0) is 30.2 Å². The normalized spacial score (nSPS) is 11.3. The van der Waals surface area contributed by atoms with Crippen molar-refractivity contribution in [3.63, 3.8) is 0 Å². The fourth-order valence-corrected chi connectivity index (χ4v) is 2.63. The van der Waals surface area contributed by atoms with Crippen LogP contribution in [0.4, 0.5) is 0 Å². The van der Waals surface area contributed by atoms with Crippen LogP contribution in [0.2, 0.25) is 0 Å². The van der Waals surface area contributed by atoms with Gasteiger partial charge in [0.2, 0.25) is 0 Å². The monoisotopic (exact) mass is 438 g/mol. The topological polar surface area (TPSA) is 65.3 Å². The largest absolute Gasteiger partial charge is 0.469 e. The number of para-hydroxylation sites is 1. The molecule has 1 aromatic carbocycles. The molecule has 3 rings (SSSR count). The highest BCUT2D eigenvalue weighted by molar-refractivity contribution is 14.0. The highest BCUT2D eigenvalue weighted by Crippen LogP contribution is 2.17. The van der Waals surface area contributed by atoms with Crippen LogP contribution in [0.25, 0.3) is 10.9 Å². The Bertz CT molecular complexity index is 764. The number of furan rings is 1. The van der Waals surface area contributed by atoms with Gasteiger partial charge >= 0.3 is 0 Å². The zero-order valence-corrected chi connectivity index (χ0v) is 16.0. The molecule has 0 saturated heterocycles. The highest BCUT2D eigenvalue weighted by Gasteiger charge is 2.03. The summed E-state index contributed by atoms with van der Waals surface area (Å²) >= 11 is 0. The Morgan fingerprint density at radius 2 is 1.88 bits per heavy atom. The molecule has 0 spiro atoms. The van der Waals surface area contributed by atoms with Crippen molar-refractivity contribution in [2.45, 2.75) is 12.8 Å². The second-order valence-electron chi connectivity index (χ2n) is 5.36. The van der Waals surface area contributed by atoms with E-state index in [2.05, 4.69) is 45.0 Å². The summed E-state index contributed by atoms with van der Waals surface area (Å²) in [4.78, 5) is 7.55. The maximum Gasteiger partial charge on any atom is 0.191 e. The smallest absolute Gasteiger partial charge is 0.191 e. The Labute approximate surface area is 159 Å². The summed E-state index contributed by atoms with van der Waals surface area (Å²) in [7, 11) is 1.79. The number of hydrogen-bond donors (Lipinski definition) is 3. The summed E-state index contributed by atoms with van der Waals surface area (Å²) in [5, 5.41) is 7.93. The zero-order valence-electron chi connectivity index (χ0n) is 13.7. The lowest BCUT2D eigenvalue weighted by Crippen LogP contribution is -2.39. The zero-order chi connectivity index (χ0) is 15.9. The van der Waals surface area contributed by atoms with Crippen molar-refractivity contribution in [1.29, 1.82) is 0 Å². The van der Waals surface area contributed by atoms with Crippen molar-refractivity contribution in [2.75, 3.05) is 20.1 Å². The summed E-state index contributed by atoms with van der Waals surface area (Å²) in [5.41, 5.74) is 2.50. The Hall–Kier alpha value is -1.96. The number of guanidine groups is 1. The summed E-state index contributed by atoms with van der Waals surface area (Å²) in [6.07, 6.45) is 5.57. The quantitative estimate of drug-likeness (QED) is 0.314. The molecule has 2 aromatic heterocycles. The number of H-pyrrole nitrogens is 1. The number of halogens is 1. The van der Waals surface area contributed by atoms with E-state index in [9.17, 15) is 0 Å². The van der Waals surface area contributed by atoms with Crippen molar-refractivity contribution in [2.24, 2.45) is 4.99 Å². The van der Waals surface area contributed by atoms with Gasteiger partial charge in [-0.3, -0.25) is 4.99 Å². The van der Waals surface area contributed by atoms with Gasteiger partial charge in [-0.1, -0.05) is 18.2 Å². The van der Waals surface area contributed by atoms with Gasteiger partial charge in [0.05, 0.1) is 6.26 Å². The third kappa shape index (κ3) is 4.77. The number of rotatable bonds is 6. The predicted molar refractivity (Wildman–Crippen MR) is 109 cm³/mol. The minimum Gasteiger partial charge on any atom is -0.469 e. The molecule has 24 heavy (non-hydrogen) atoms. The number of aromatic nitrogens is 1. The second kappa shape index (κ2) is 9.36. The minimum absolute atomic E-state index is 0. The van der Waals surface area contributed by atoms with E-state index in [0.717, 1.165) is 37.7 Å². The Kier molecular flexibility index (Phi) is 7.17.